The molecule has 2 amide bonds. The second kappa shape index (κ2) is 28.2. The van der Waals surface area contributed by atoms with Crippen LogP contribution in [0, 0.1) is 28.1 Å². The molecule has 5 atom stereocenters. The standard InChI is InChI=1S/C50H92N2O15Si3/c1-16-19-42(54)61-25-26-63-45(57)51-37-49(7)31-39(30-47(3,4)35-49)28-44(56)64-34-40(33-59-22-18-27-70(15,66-68(9,10)11)67-69(12,13)14)65-46(58)52-50(8)32-38(29-48(5,6)36-50)20-21-43(55)62-24-23-60-41(53)17-2/h17,38-40H,2,16,18-37H2,1,3-15H3,(H,51,57)(H,52,58). The van der Waals surface area contributed by atoms with Crippen LogP contribution in [0.25, 0.3) is 0 Å². The van der Waals surface area contributed by atoms with Crippen molar-refractivity contribution in [1.29, 1.82) is 0 Å². The first kappa shape index (κ1) is 62.8. The molecule has 0 saturated heterocycles. The van der Waals surface area contributed by atoms with E-state index in [2.05, 4.69) is 97.7 Å². The summed E-state index contributed by atoms with van der Waals surface area (Å²) in [6.45, 7) is 33.4. The van der Waals surface area contributed by atoms with Crippen molar-refractivity contribution in [2.75, 3.05) is 52.8 Å². The maximum absolute atomic E-state index is 13.8. The minimum Gasteiger partial charge on any atom is -0.462 e. The van der Waals surface area contributed by atoms with Crippen LogP contribution in [-0.4, -0.2) is 126 Å². The number of esters is 4. The maximum atomic E-state index is 13.8. The summed E-state index contributed by atoms with van der Waals surface area (Å²) in [5.41, 5.74) is -1.27. The van der Waals surface area contributed by atoms with E-state index in [9.17, 15) is 28.8 Å². The molecule has 0 aromatic rings. The van der Waals surface area contributed by atoms with Crippen molar-refractivity contribution < 1.29 is 70.2 Å². The van der Waals surface area contributed by atoms with E-state index in [0.29, 0.717) is 58.1 Å². The lowest BCUT2D eigenvalue weighted by molar-refractivity contribution is -0.150. The van der Waals surface area contributed by atoms with Crippen LogP contribution in [-0.2, 0) is 60.6 Å². The van der Waals surface area contributed by atoms with E-state index in [1.54, 1.807) is 0 Å². The second-order valence-corrected chi connectivity index (χ2v) is 36.8. The molecule has 0 radical (unpaired) electrons. The largest absolute Gasteiger partial charge is 0.462 e. The van der Waals surface area contributed by atoms with Gasteiger partial charge >= 0.3 is 44.6 Å². The van der Waals surface area contributed by atoms with E-state index in [0.717, 1.165) is 31.4 Å². The summed E-state index contributed by atoms with van der Waals surface area (Å²) in [5.74, 6) is -1.64. The van der Waals surface area contributed by atoms with Gasteiger partial charge in [0.05, 0.1) is 6.61 Å². The number of alkyl carbamates (subject to hydrolysis) is 2. The molecular weight excluding hydrogens is 953 g/mol. The zero-order chi connectivity index (χ0) is 53.0. The average Bonchev–Trinajstić information content (AvgIpc) is 3.18. The first-order valence-corrected chi connectivity index (χ1v) is 34.7. The normalized spacial score (nSPS) is 22.7. The molecule has 2 saturated carbocycles. The van der Waals surface area contributed by atoms with Crippen LogP contribution in [0.3, 0.4) is 0 Å². The molecule has 2 aliphatic carbocycles. The smallest absolute Gasteiger partial charge is 0.408 e. The number of carbonyl (C=O) groups is 6. The third-order valence-corrected chi connectivity index (χ3v) is 21.6. The fraction of sp³-hybridized carbons (Fsp3) is 0.840. The van der Waals surface area contributed by atoms with E-state index >= 15 is 0 Å². The lowest BCUT2D eigenvalue weighted by atomic mass is 9.60. The Morgan fingerprint density at radius 3 is 1.83 bits per heavy atom. The minimum atomic E-state index is -2.50. The van der Waals surface area contributed by atoms with Crippen molar-refractivity contribution in [3.8, 4) is 0 Å². The number of ether oxygens (including phenoxy) is 7. The van der Waals surface area contributed by atoms with Gasteiger partial charge in [0.2, 0.25) is 0 Å². The molecule has 2 N–H and O–H groups in total. The van der Waals surface area contributed by atoms with Crippen LogP contribution in [0.1, 0.15) is 126 Å². The van der Waals surface area contributed by atoms with Gasteiger partial charge in [-0.3, -0.25) is 14.4 Å². The SMILES string of the molecule is C=CC(=O)OCCOC(=O)CCC1CC(C)(C)CC(C)(NC(=O)OC(COCCC[Si](C)(O[Si](C)(C)C)O[Si](C)(C)C)COC(=O)CC2CC(C)(C)CC(C)(CNC(=O)OCCOC(=O)CCC)C2)C1. The van der Waals surface area contributed by atoms with Gasteiger partial charge < -0.3 is 52.0 Å². The molecule has 2 fully saturated rings. The number of rotatable bonds is 30. The fourth-order valence-corrected chi connectivity index (χ4v) is 23.4. The number of hydrogen-bond donors (Lipinski definition) is 2. The lowest BCUT2D eigenvalue weighted by Crippen LogP contribution is -2.54. The molecule has 2 aliphatic rings. The summed E-state index contributed by atoms with van der Waals surface area (Å²) in [6.07, 6.45) is 5.85. The third-order valence-electron chi connectivity index (χ3n) is 12.0. The molecule has 0 spiro atoms. The Bertz CT molecular complexity index is 1700. The monoisotopic (exact) mass is 1040 g/mol. The molecule has 17 nitrogen and oxygen atoms in total. The zero-order valence-corrected chi connectivity index (χ0v) is 48.5. The number of nitrogens with one attached hydrogen (secondary N) is 2. The first-order valence-electron chi connectivity index (χ1n) is 25.4. The Balaban J connectivity index is 2.12. The molecule has 20 heteroatoms. The van der Waals surface area contributed by atoms with Gasteiger partial charge in [-0.1, -0.05) is 48.1 Å². The van der Waals surface area contributed by atoms with E-state index in [1.807, 2.05) is 13.8 Å². The van der Waals surface area contributed by atoms with E-state index in [4.69, 9.17) is 41.4 Å². The summed E-state index contributed by atoms with van der Waals surface area (Å²) < 4.78 is 51.9. The topological polar surface area (TPSA) is 210 Å². The predicted molar refractivity (Wildman–Crippen MR) is 275 cm³/mol. The molecule has 70 heavy (non-hydrogen) atoms. The summed E-state index contributed by atoms with van der Waals surface area (Å²) in [7, 11) is -6.30. The number of amides is 2. The van der Waals surface area contributed by atoms with Crippen LogP contribution in [0.2, 0.25) is 51.9 Å². The van der Waals surface area contributed by atoms with Crippen LogP contribution in [0.15, 0.2) is 12.7 Å². The second-order valence-electron chi connectivity index (χ2n) is 24.0. The molecular formula is C50H92N2O15Si3. The highest BCUT2D eigenvalue weighted by molar-refractivity contribution is 6.87. The quantitative estimate of drug-likeness (QED) is 0.0226. The third kappa shape index (κ3) is 27.5. The van der Waals surface area contributed by atoms with Crippen molar-refractivity contribution in [1.82, 2.24) is 10.6 Å². The molecule has 0 aliphatic heterocycles. The van der Waals surface area contributed by atoms with Crippen LogP contribution in [0.4, 0.5) is 9.59 Å². The van der Waals surface area contributed by atoms with E-state index in [1.165, 1.54) is 0 Å². The Morgan fingerprint density at radius 1 is 0.657 bits per heavy atom. The Morgan fingerprint density at radius 2 is 1.23 bits per heavy atom. The highest BCUT2D eigenvalue weighted by atomic mass is 28.5. The summed E-state index contributed by atoms with van der Waals surface area (Å²) in [5, 5.41) is 5.99. The van der Waals surface area contributed by atoms with Crippen LogP contribution >= 0.6 is 0 Å². The first-order chi connectivity index (χ1) is 32.3. The summed E-state index contributed by atoms with van der Waals surface area (Å²) in [4.78, 5) is 75.4. The zero-order valence-electron chi connectivity index (χ0n) is 45.5. The van der Waals surface area contributed by atoms with Crippen molar-refractivity contribution in [2.45, 2.75) is 189 Å². The van der Waals surface area contributed by atoms with Crippen molar-refractivity contribution in [3.05, 3.63) is 12.7 Å². The highest BCUT2D eigenvalue weighted by Gasteiger charge is 2.44. The van der Waals surface area contributed by atoms with Gasteiger partial charge in [0.1, 0.15) is 33.0 Å². The fourth-order valence-electron chi connectivity index (χ4n) is 10.9. The van der Waals surface area contributed by atoms with E-state index < -0.39 is 61.0 Å². The van der Waals surface area contributed by atoms with Gasteiger partial charge in [-0.2, -0.15) is 0 Å². The van der Waals surface area contributed by atoms with Gasteiger partial charge in [-0.05, 0) is 145 Å². The van der Waals surface area contributed by atoms with Crippen molar-refractivity contribution in [3.63, 3.8) is 0 Å². The summed E-state index contributed by atoms with van der Waals surface area (Å²) >= 11 is 0. The lowest BCUT2D eigenvalue weighted by Gasteiger charge is -2.47. The Labute approximate surface area is 423 Å². The molecule has 0 aromatic heterocycles. The number of carbonyl (C=O) groups excluding carboxylic acids is 6. The van der Waals surface area contributed by atoms with Gasteiger partial charge in [0.15, 0.2) is 22.7 Å². The Kier molecular flexibility index (Phi) is 25.3. The van der Waals surface area contributed by atoms with Crippen LogP contribution < -0.4 is 10.6 Å². The van der Waals surface area contributed by atoms with Crippen LogP contribution in [0.5, 0.6) is 0 Å². The molecule has 2 rings (SSSR count). The maximum Gasteiger partial charge on any atom is 0.408 e. The molecule has 0 aromatic carbocycles. The Hall–Kier alpha value is -3.31. The van der Waals surface area contributed by atoms with Gasteiger partial charge in [0.25, 0.3) is 0 Å². The molecule has 404 valence electrons. The predicted octanol–water partition coefficient (Wildman–Crippen LogP) is 9.74. The van der Waals surface area contributed by atoms with Gasteiger partial charge in [-0.25, -0.2) is 14.4 Å². The molecule has 0 bridgehead atoms. The average molecular weight is 1050 g/mol. The molecule has 0 heterocycles. The van der Waals surface area contributed by atoms with Crippen molar-refractivity contribution >= 4 is 61.3 Å². The van der Waals surface area contributed by atoms with E-state index in [-0.39, 0.29) is 92.5 Å². The van der Waals surface area contributed by atoms with Gasteiger partial charge in [0, 0.05) is 44.0 Å². The minimum absolute atomic E-state index is 0.0000676. The highest BCUT2D eigenvalue weighted by Crippen LogP contribution is 2.49. The van der Waals surface area contributed by atoms with Crippen molar-refractivity contribution in [2.24, 2.45) is 28.1 Å². The molecule has 5 unspecified atom stereocenters. The van der Waals surface area contributed by atoms with Gasteiger partial charge in [-0.15, -0.1) is 0 Å². The number of hydrogen-bond acceptors (Lipinski definition) is 15. The summed E-state index contributed by atoms with van der Waals surface area (Å²) in [6, 6.07) is 0.740.